The first-order valence-electron chi connectivity index (χ1n) is 13.7. The number of aromatic nitrogens is 1. The predicted molar refractivity (Wildman–Crippen MR) is 142 cm³/mol. The van der Waals surface area contributed by atoms with Gasteiger partial charge in [0, 0.05) is 21.5 Å². The van der Waals surface area contributed by atoms with Crippen molar-refractivity contribution in [3.8, 4) is 0 Å². The van der Waals surface area contributed by atoms with Crippen molar-refractivity contribution in [2.45, 2.75) is 89.9 Å². The normalized spacial score (nSPS) is 18.4. The van der Waals surface area contributed by atoms with E-state index in [0.717, 1.165) is 0 Å². The molecule has 0 fully saturated rings. The first kappa shape index (κ1) is 19.9. The first-order chi connectivity index (χ1) is 16.4. The molecule has 0 aliphatic heterocycles. The van der Waals surface area contributed by atoms with E-state index in [0.29, 0.717) is 0 Å². The highest BCUT2D eigenvalue weighted by molar-refractivity contribution is 6.25. The summed E-state index contributed by atoms with van der Waals surface area (Å²) >= 11 is 0. The molecule has 0 radical (unpaired) electrons. The van der Waals surface area contributed by atoms with E-state index < -0.39 is 0 Å². The molecule has 7 rings (SSSR count). The van der Waals surface area contributed by atoms with Crippen LogP contribution in [0.15, 0.2) is 42.5 Å². The molecule has 0 unspecified atom stereocenters. The number of para-hydroxylation sites is 1. The van der Waals surface area contributed by atoms with E-state index >= 15 is 0 Å². The minimum atomic E-state index is 1.25. The van der Waals surface area contributed by atoms with Crippen molar-refractivity contribution in [2.75, 3.05) is 0 Å². The number of hydrogen-bond donors (Lipinski definition) is 0. The fourth-order valence-corrected chi connectivity index (χ4v) is 7.21. The van der Waals surface area contributed by atoms with Crippen molar-refractivity contribution in [3.05, 3.63) is 64.7 Å². The van der Waals surface area contributed by atoms with Crippen molar-refractivity contribution in [1.29, 1.82) is 0 Å². The maximum atomic E-state index is 2.63. The lowest BCUT2D eigenvalue weighted by molar-refractivity contribution is 0.629. The maximum absolute atomic E-state index is 2.63. The van der Waals surface area contributed by atoms with Gasteiger partial charge in [0.25, 0.3) is 0 Å². The molecule has 2 heterocycles. The van der Waals surface area contributed by atoms with Crippen molar-refractivity contribution in [3.63, 3.8) is 0 Å². The van der Waals surface area contributed by atoms with Gasteiger partial charge in [0.2, 0.25) is 0 Å². The average Bonchev–Trinajstić information content (AvgIpc) is 3.41. The third-order valence-corrected chi connectivity index (χ3v) is 8.78. The second kappa shape index (κ2) is 8.05. The standard InChI is InChI=1S/C32H35N/c1-3-7-13-22-19-20-29-30(24(22)15-9-5-1)31-25-16-10-6-2-4-8-14-23(25)21-27-26-17-11-12-18-28(26)33(29)32(27)31/h11-12,17-21H,1-10,13-16H2. The van der Waals surface area contributed by atoms with Gasteiger partial charge >= 0.3 is 0 Å². The van der Waals surface area contributed by atoms with Crippen LogP contribution in [0.1, 0.15) is 86.5 Å². The van der Waals surface area contributed by atoms with E-state index in [9.17, 15) is 0 Å². The zero-order valence-electron chi connectivity index (χ0n) is 19.9. The van der Waals surface area contributed by atoms with Crippen LogP contribution in [-0.4, -0.2) is 4.40 Å². The third-order valence-electron chi connectivity index (χ3n) is 8.78. The molecule has 5 aromatic rings. The lowest BCUT2D eigenvalue weighted by Gasteiger charge is -2.15. The van der Waals surface area contributed by atoms with Crippen LogP contribution in [0.3, 0.4) is 0 Å². The van der Waals surface area contributed by atoms with E-state index in [1.807, 2.05) is 0 Å². The van der Waals surface area contributed by atoms with Crippen LogP contribution in [0.5, 0.6) is 0 Å². The molecule has 168 valence electrons. The van der Waals surface area contributed by atoms with Crippen molar-refractivity contribution in [2.24, 2.45) is 0 Å². The molecule has 33 heavy (non-hydrogen) atoms. The Morgan fingerprint density at radius 3 is 1.91 bits per heavy atom. The SMILES string of the molecule is c1ccc2c(c1)c1cc3c(c4c5c6c(ccc5n2c14)CCCCCCC6)CCCCCCC3. The van der Waals surface area contributed by atoms with Crippen LogP contribution in [0, 0.1) is 0 Å². The Bertz CT molecular complexity index is 1470. The highest BCUT2D eigenvalue weighted by Gasteiger charge is 2.25. The molecule has 1 nitrogen and oxygen atoms in total. The van der Waals surface area contributed by atoms with E-state index in [4.69, 9.17) is 0 Å². The van der Waals surface area contributed by atoms with Gasteiger partial charge in [-0.2, -0.15) is 0 Å². The number of nitrogens with zero attached hydrogens (tertiary/aromatic N) is 1. The molecule has 0 N–H and O–H groups in total. The van der Waals surface area contributed by atoms with Gasteiger partial charge in [-0.15, -0.1) is 0 Å². The highest BCUT2D eigenvalue weighted by Crippen LogP contribution is 2.45. The number of rotatable bonds is 0. The van der Waals surface area contributed by atoms with Crippen molar-refractivity contribution in [1.82, 2.24) is 4.40 Å². The lowest BCUT2D eigenvalue weighted by Crippen LogP contribution is -1.98. The lowest BCUT2D eigenvalue weighted by atomic mass is 9.88. The second-order valence-electron chi connectivity index (χ2n) is 10.8. The summed E-state index contributed by atoms with van der Waals surface area (Å²) in [4.78, 5) is 0. The average molecular weight is 434 g/mol. The Kier molecular flexibility index (Phi) is 4.85. The molecule has 0 atom stereocenters. The van der Waals surface area contributed by atoms with Gasteiger partial charge in [-0.25, -0.2) is 0 Å². The number of fused-ring (bicyclic) bond motifs is 10. The number of hydrogen-bond acceptors (Lipinski definition) is 0. The zero-order valence-corrected chi connectivity index (χ0v) is 19.9. The molecule has 0 saturated carbocycles. The fraction of sp³-hybridized carbons (Fsp3) is 0.438. The third kappa shape index (κ3) is 3.04. The molecular formula is C32H35N. The van der Waals surface area contributed by atoms with Gasteiger partial charge in [-0.3, -0.25) is 0 Å². The van der Waals surface area contributed by atoms with Crippen molar-refractivity contribution < 1.29 is 0 Å². The maximum Gasteiger partial charge on any atom is 0.0623 e. The van der Waals surface area contributed by atoms with Gasteiger partial charge in [0.15, 0.2) is 0 Å². The number of aryl methyl sites for hydroxylation is 4. The summed E-state index contributed by atoms with van der Waals surface area (Å²) in [6.07, 6.45) is 18.8. The molecule has 3 aromatic carbocycles. The van der Waals surface area contributed by atoms with Gasteiger partial charge in [-0.05, 0) is 91.8 Å². The Morgan fingerprint density at radius 2 is 1.12 bits per heavy atom. The van der Waals surface area contributed by atoms with Gasteiger partial charge < -0.3 is 4.40 Å². The Hall–Kier alpha value is -2.54. The fourth-order valence-electron chi connectivity index (χ4n) is 7.21. The summed E-state index contributed by atoms with van der Waals surface area (Å²) in [6, 6.07) is 16.7. The Morgan fingerprint density at radius 1 is 0.485 bits per heavy atom. The molecule has 0 amide bonds. The van der Waals surface area contributed by atoms with Gasteiger partial charge in [-0.1, -0.05) is 62.8 Å². The van der Waals surface area contributed by atoms with Crippen LogP contribution >= 0.6 is 0 Å². The minimum absolute atomic E-state index is 1.25. The smallest absolute Gasteiger partial charge is 0.0623 e. The van der Waals surface area contributed by atoms with Crippen LogP contribution in [0.25, 0.3) is 38.1 Å². The van der Waals surface area contributed by atoms with Crippen LogP contribution in [0.2, 0.25) is 0 Å². The Labute approximate surface area is 197 Å². The number of benzene rings is 3. The van der Waals surface area contributed by atoms with E-state index in [1.54, 1.807) is 33.0 Å². The molecule has 0 bridgehead atoms. The molecule has 2 aromatic heterocycles. The topological polar surface area (TPSA) is 4.41 Å². The molecular weight excluding hydrogens is 398 g/mol. The van der Waals surface area contributed by atoms with Gasteiger partial charge in [0.05, 0.1) is 16.6 Å². The highest BCUT2D eigenvalue weighted by atomic mass is 14.9. The summed E-state index contributed by atoms with van der Waals surface area (Å²) in [5, 5.41) is 6.18. The molecule has 1 heteroatoms. The summed E-state index contributed by atoms with van der Waals surface area (Å²) < 4.78 is 2.63. The predicted octanol–water partition coefficient (Wildman–Crippen LogP) is 8.93. The second-order valence-corrected chi connectivity index (χ2v) is 10.8. The summed E-state index contributed by atoms with van der Waals surface area (Å²) in [6.45, 7) is 0. The Balaban J connectivity index is 1.66. The largest absolute Gasteiger partial charge is 0.308 e. The van der Waals surface area contributed by atoms with E-state index in [2.05, 4.69) is 46.9 Å². The van der Waals surface area contributed by atoms with Crippen LogP contribution in [-0.2, 0) is 25.7 Å². The minimum Gasteiger partial charge on any atom is -0.308 e. The summed E-state index contributed by atoms with van der Waals surface area (Å²) in [7, 11) is 0. The van der Waals surface area contributed by atoms with E-state index in [1.165, 1.54) is 117 Å². The van der Waals surface area contributed by atoms with Crippen LogP contribution in [0.4, 0.5) is 0 Å². The van der Waals surface area contributed by atoms with Crippen molar-refractivity contribution >= 4 is 38.1 Å². The van der Waals surface area contributed by atoms with E-state index in [-0.39, 0.29) is 0 Å². The molecule has 2 aliphatic carbocycles. The molecule has 0 spiro atoms. The monoisotopic (exact) mass is 433 g/mol. The molecule has 0 saturated heterocycles. The summed E-state index contributed by atoms with van der Waals surface area (Å²) in [5.74, 6) is 0. The van der Waals surface area contributed by atoms with Crippen LogP contribution < -0.4 is 0 Å². The molecule has 2 aliphatic rings. The zero-order chi connectivity index (χ0) is 21.8. The first-order valence-corrected chi connectivity index (χ1v) is 13.7. The summed E-state index contributed by atoms with van der Waals surface area (Å²) in [5.41, 5.74) is 11.0. The van der Waals surface area contributed by atoms with Gasteiger partial charge in [0.1, 0.15) is 0 Å². The quantitative estimate of drug-likeness (QED) is 0.229.